The van der Waals surface area contributed by atoms with E-state index in [9.17, 15) is 9.59 Å². The molecule has 1 unspecified atom stereocenters. The SMILES string of the molecule is CC(=O)[O-].CCC1C(=O)N(CCc2c[nH]c3ccc(Cl)cc23)CCN1C(=O)c1ccccc1. The van der Waals surface area contributed by atoms with Gasteiger partial charge >= 0.3 is 0 Å². The second kappa shape index (κ2) is 11.0. The number of aromatic amines is 1. The first-order valence-electron chi connectivity index (χ1n) is 10.9. The highest BCUT2D eigenvalue weighted by Gasteiger charge is 2.36. The lowest BCUT2D eigenvalue weighted by atomic mass is 10.0. The van der Waals surface area contributed by atoms with Gasteiger partial charge in [0.1, 0.15) is 6.04 Å². The molecule has 3 aromatic rings. The van der Waals surface area contributed by atoms with Crippen molar-refractivity contribution in [2.75, 3.05) is 19.6 Å². The lowest BCUT2D eigenvalue weighted by Gasteiger charge is -2.40. The number of fused-ring (bicyclic) bond motifs is 1. The number of rotatable bonds is 5. The number of piperazine rings is 1. The summed E-state index contributed by atoms with van der Waals surface area (Å²) in [7, 11) is 0. The van der Waals surface area contributed by atoms with E-state index in [-0.39, 0.29) is 11.8 Å². The van der Waals surface area contributed by atoms with Crippen molar-refractivity contribution in [1.82, 2.24) is 14.8 Å². The number of aliphatic carboxylic acids is 1. The Bertz CT molecular complexity index is 1130. The molecule has 174 valence electrons. The highest BCUT2D eigenvalue weighted by molar-refractivity contribution is 6.31. The molecule has 0 saturated carbocycles. The fraction of sp³-hybridized carbons (Fsp3) is 0.320. The molecule has 0 bridgehead atoms. The van der Waals surface area contributed by atoms with Crippen molar-refractivity contribution in [2.24, 2.45) is 0 Å². The summed E-state index contributed by atoms with van der Waals surface area (Å²) in [6, 6.07) is 14.6. The molecule has 1 saturated heterocycles. The maximum Gasteiger partial charge on any atom is 0.254 e. The van der Waals surface area contributed by atoms with Crippen LogP contribution in [0.15, 0.2) is 54.7 Å². The zero-order chi connectivity index (χ0) is 24.0. The van der Waals surface area contributed by atoms with Crippen molar-refractivity contribution < 1.29 is 19.5 Å². The first-order chi connectivity index (χ1) is 15.8. The number of nitrogens with zero attached hydrogens (tertiary/aromatic N) is 2. The molecule has 0 spiro atoms. The number of nitrogens with one attached hydrogen (secondary N) is 1. The number of carboxylic acid groups (broad SMARTS) is 1. The minimum absolute atomic E-state index is 0.0286. The lowest BCUT2D eigenvalue weighted by Crippen LogP contribution is -2.58. The predicted molar refractivity (Wildman–Crippen MR) is 126 cm³/mol. The number of carbonyl (C=O) groups is 3. The summed E-state index contributed by atoms with van der Waals surface area (Å²) in [5, 5.41) is 10.7. The molecule has 2 amide bonds. The number of aromatic nitrogens is 1. The highest BCUT2D eigenvalue weighted by Crippen LogP contribution is 2.24. The topological polar surface area (TPSA) is 96.5 Å². The van der Waals surface area contributed by atoms with E-state index in [1.807, 2.05) is 54.4 Å². The van der Waals surface area contributed by atoms with E-state index in [1.165, 1.54) is 0 Å². The van der Waals surface area contributed by atoms with Crippen LogP contribution in [-0.4, -0.2) is 58.2 Å². The van der Waals surface area contributed by atoms with Crippen molar-refractivity contribution >= 4 is 40.3 Å². The average molecular weight is 469 g/mol. The molecule has 1 aliphatic rings. The van der Waals surface area contributed by atoms with Crippen LogP contribution in [0, 0.1) is 0 Å². The van der Waals surface area contributed by atoms with E-state index >= 15 is 0 Å². The van der Waals surface area contributed by atoms with Crippen LogP contribution in [0.25, 0.3) is 10.9 Å². The number of hydrogen-bond donors (Lipinski definition) is 1. The molecular weight excluding hydrogens is 442 g/mol. The summed E-state index contributed by atoms with van der Waals surface area (Å²) in [5.74, 6) is -1.13. The molecule has 1 fully saturated rings. The Kier molecular flexibility index (Phi) is 8.11. The van der Waals surface area contributed by atoms with Crippen molar-refractivity contribution in [3.63, 3.8) is 0 Å². The summed E-state index contributed by atoms with van der Waals surface area (Å²) in [6.45, 7) is 4.66. The van der Waals surface area contributed by atoms with Gasteiger partial charge < -0.3 is 24.7 Å². The van der Waals surface area contributed by atoms with E-state index in [0.29, 0.717) is 36.6 Å². The van der Waals surface area contributed by atoms with Crippen LogP contribution in [0.4, 0.5) is 0 Å². The van der Waals surface area contributed by atoms with Crippen LogP contribution in [0.5, 0.6) is 0 Å². The van der Waals surface area contributed by atoms with Crippen molar-refractivity contribution in [2.45, 2.75) is 32.7 Å². The number of carboxylic acids is 1. The fourth-order valence-electron chi connectivity index (χ4n) is 4.06. The van der Waals surface area contributed by atoms with E-state index in [1.54, 1.807) is 17.0 Å². The second-order valence-electron chi connectivity index (χ2n) is 7.86. The van der Waals surface area contributed by atoms with Crippen LogP contribution >= 0.6 is 11.6 Å². The zero-order valence-corrected chi connectivity index (χ0v) is 19.5. The molecule has 2 heterocycles. The van der Waals surface area contributed by atoms with E-state index in [2.05, 4.69) is 4.98 Å². The summed E-state index contributed by atoms with van der Waals surface area (Å²) >= 11 is 6.14. The first-order valence-corrected chi connectivity index (χ1v) is 11.3. The lowest BCUT2D eigenvalue weighted by molar-refractivity contribution is -0.302. The van der Waals surface area contributed by atoms with Gasteiger partial charge in [0.25, 0.3) is 5.91 Å². The van der Waals surface area contributed by atoms with Crippen molar-refractivity contribution in [3.05, 3.63) is 70.9 Å². The Labute approximate surface area is 197 Å². The molecule has 33 heavy (non-hydrogen) atoms. The van der Waals surface area contributed by atoms with Gasteiger partial charge in [-0.1, -0.05) is 36.7 Å². The molecule has 1 atom stereocenters. The summed E-state index contributed by atoms with van der Waals surface area (Å²) < 4.78 is 0. The smallest absolute Gasteiger partial charge is 0.254 e. The third-order valence-electron chi connectivity index (χ3n) is 5.63. The van der Waals surface area contributed by atoms with Crippen molar-refractivity contribution in [1.29, 1.82) is 0 Å². The van der Waals surface area contributed by atoms with Gasteiger partial charge in [0.2, 0.25) is 5.91 Å². The third-order valence-corrected chi connectivity index (χ3v) is 5.87. The number of halogens is 1. The fourth-order valence-corrected chi connectivity index (χ4v) is 4.23. The number of carbonyl (C=O) groups excluding carboxylic acids is 3. The Hall–Kier alpha value is -3.32. The van der Waals surface area contributed by atoms with E-state index in [0.717, 1.165) is 29.8 Å². The Balaban J connectivity index is 0.000000709. The van der Waals surface area contributed by atoms with Gasteiger partial charge in [-0.2, -0.15) is 0 Å². The maximum absolute atomic E-state index is 13.1. The normalized spacial score (nSPS) is 15.8. The molecule has 0 aliphatic carbocycles. The molecule has 1 N–H and O–H groups in total. The van der Waals surface area contributed by atoms with E-state index < -0.39 is 12.0 Å². The monoisotopic (exact) mass is 468 g/mol. The van der Waals surface area contributed by atoms with Gasteiger partial charge in [0, 0.05) is 53.3 Å². The Morgan fingerprint density at radius 3 is 2.52 bits per heavy atom. The van der Waals surface area contributed by atoms with Gasteiger partial charge in [-0.15, -0.1) is 0 Å². The molecule has 2 aromatic carbocycles. The van der Waals surface area contributed by atoms with Crippen molar-refractivity contribution in [3.8, 4) is 0 Å². The van der Waals surface area contributed by atoms with Crippen LogP contribution in [0.1, 0.15) is 36.2 Å². The second-order valence-corrected chi connectivity index (χ2v) is 8.30. The van der Waals surface area contributed by atoms with Crippen LogP contribution < -0.4 is 5.11 Å². The third kappa shape index (κ3) is 5.93. The summed E-state index contributed by atoms with van der Waals surface area (Å²) in [6.07, 6.45) is 3.34. The van der Waals surface area contributed by atoms with Gasteiger partial charge in [-0.05, 0) is 55.7 Å². The molecule has 1 aliphatic heterocycles. The molecule has 1 aromatic heterocycles. The minimum atomic E-state index is -1.08. The number of H-pyrrole nitrogens is 1. The van der Waals surface area contributed by atoms with E-state index in [4.69, 9.17) is 21.5 Å². The zero-order valence-electron chi connectivity index (χ0n) is 18.7. The van der Waals surface area contributed by atoms with Gasteiger partial charge in [0.15, 0.2) is 0 Å². The number of amides is 2. The maximum atomic E-state index is 13.1. The molecule has 8 heteroatoms. The first kappa shape index (κ1) is 24.3. The molecule has 0 radical (unpaired) electrons. The van der Waals surface area contributed by atoms with Gasteiger partial charge in [-0.25, -0.2) is 0 Å². The van der Waals surface area contributed by atoms with Gasteiger partial charge in [-0.3, -0.25) is 9.59 Å². The molecule has 7 nitrogen and oxygen atoms in total. The number of benzene rings is 2. The largest absolute Gasteiger partial charge is 0.550 e. The number of hydrogen-bond acceptors (Lipinski definition) is 4. The Morgan fingerprint density at radius 1 is 1.15 bits per heavy atom. The van der Waals surface area contributed by atoms with Gasteiger partial charge in [0.05, 0.1) is 0 Å². The highest BCUT2D eigenvalue weighted by atomic mass is 35.5. The quantitative estimate of drug-likeness (QED) is 0.622. The molecular formula is C25H27ClN3O4-. The predicted octanol–water partition coefficient (Wildman–Crippen LogP) is 2.88. The Morgan fingerprint density at radius 2 is 1.85 bits per heavy atom. The average Bonchev–Trinajstić information content (AvgIpc) is 3.19. The summed E-state index contributed by atoms with van der Waals surface area (Å²) in [4.78, 5) is 41.7. The van der Waals surface area contributed by atoms with Crippen LogP contribution in [0.3, 0.4) is 0 Å². The standard InChI is InChI=1S/C23H24ClN3O2.C2H4O2/c1-2-21-23(29)26(12-13-27(21)22(28)16-6-4-3-5-7-16)11-10-17-15-25-20-9-8-18(24)14-19(17)20;1-2(3)4/h3-9,14-15,21,25H,2,10-13H2,1H3;1H3,(H,3,4)/p-1. The molecule has 4 rings (SSSR count). The summed E-state index contributed by atoms with van der Waals surface area (Å²) in [5.41, 5.74) is 2.81. The van der Waals surface area contributed by atoms with Crippen LogP contribution in [-0.2, 0) is 16.0 Å². The van der Waals surface area contributed by atoms with Crippen LogP contribution in [0.2, 0.25) is 5.02 Å². The minimum Gasteiger partial charge on any atom is -0.550 e.